The molecule has 0 amide bonds. The molecule has 2 aromatic rings. The minimum Gasteiger partial charge on any atom is -0.166 e. The Morgan fingerprint density at radius 1 is 0.700 bits per heavy atom. The third-order valence-electron chi connectivity index (χ3n) is 2.16. The summed E-state index contributed by atoms with van der Waals surface area (Å²) in [5.74, 6) is 4.86. The summed E-state index contributed by atoms with van der Waals surface area (Å²) in [6, 6.07) is 1.74. The maximum atomic E-state index is 12.3. The third-order valence-corrected chi connectivity index (χ3v) is 3.85. The zero-order valence-electron chi connectivity index (χ0n) is 9.39. The van der Waals surface area contributed by atoms with E-state index >= 15 is 0 Å². The zero-order valence-corrected chi connectivity index (χ0v) is 11.0. The molecular formula is C12H4F6S2. The van der Waals surface area contributed by atoms with Crippen molar-refractivity contribution < 1.29 is 26.3 Å². The number of halogens is 6. The molecule has 0 aliphatic rings. The maximum Gasteiger partial charge on any atom is 0.417 e. The van der Waals surface area contributed by atoms with Gasteiger partial charge in [0.1, 0.15) is 0 Å². The summed E-state index contributed by atoms with van der Waals surface area (Å²) >= 11 is 1.59. The van der Waals surface area contributed by atoms with E-state index in [4.69, 9.17) is 0 Å². The molecule has 0 aromatic carbocycles. The van der Waals surface area contributed by atoms with Gasteiger partial charge >= 0.3 is 12.4 Å². The molecule has 0 spiro atoms. The Morgan fingerprint density at radius 3 is 1.30 bits per heavy atom. The molecule has 0 saturated carbocycles. The highest BCUT2D eigenvalue weighted by atomic mass is 32.1. The van der Waals surface area contributed by atoms with E-state index in [0.29, 0.717) is 0 Å². The second kappa shape index (κ2) is 5.14. The van der Waals surface area contributed by atoms with Crippen molar-refractivity contribution in [2.45, 2.75) is 12.4 Å². The molecule has 0 bridgehead atoms. The standard InChI is InChI=1S/C12H4F6S2/c13-11(14,15)7-3-9(19-5-7)1-2-10-4-8(6-20-10)12(16,17)18/h3-6H. The normalized spacial score (nSPS) is 12.1. The monoisotopic (exact) mass is 326 g/mol. The smallest absolute Gasteiger partial charge is 0.166 e. The fourth-order valence-corrected chi connectivity index (χ4v) is 2.75. The number of thiophene rings is 2. The lowest BCUT2D eigenvalue weighted by atomic mass is 10.3. The first-order chi connectivity index (χ1) is 9.16. The molecule has 0 aliphatic heterocycles. The first-order valence-electron chi connectivity index (χ1n) is 5.00. The Bertz CT molecular complexity index is 606. The Hall–Kier alpha value is -1.46. The van der Waals surface area contributed by atoms with Gasteiger partial charge in [0.15, 0.2) is 0 Å². The summed E-state index contributed by atoms with van der Waals surface area (Å²) in [6.45, 7) is 0. The van der Waals surface area contributed by atoms with Crippen molar-refractivity contribution in [1.82, 2.24) is 0 Å². The van der Waals surface area contributed by atoms with Crippen LogP contribution in [0.1, 0.15) is 20.9 Å². The van der Waals surface area contributed by atoms with Crippen LogP contribution < -0.4 is 0 Å². The molecular weight excluding hydrogens is 322 g/mol. The lowest BCUT2D eigenvalue weighted by Crippen LogP contribution is -2.02. The van der Waals surface area contributed by atoms with E-state index < -0.39 is 23.5 Å². The van der Waals surface area contributed by atoms with Gasteiger partial charge in [0.25, 0.3) is 0 Å². The van der Waals surface area contributed by atoms with E-state index in [0.717, 1.165) is 45.6 Å². The largest absolute Gasteiger partial charge is 0.417 e. The van der Waals surface area contributed by atoms with Crippen LogP contribution in [0.3, 0.4) is 0 Å². The highest BCUT2D eigenvalue weighted by Crippen LogP contribution is 2.33. The van der Waals surface area contributed by atoms with Crippen molar-refractivity contribution in [2.24, 2.45) is 0 Å². The van der Waals surface area contributed by atoms with Crippen LogP contribution in [0.15, 0.2) is 22.9 Å². The lowest BCUT2D eigenvalue weighted by molar-refractivity contribution is -0.138. The molecule has 8 heteroatoms. The minimum absolute atomic E-state index is 0.152. The Kier molecular flexibility index (Phi) is 3.84. The highest BCUT2D eigenvalue weighted by molar-refractivity contribution is 7.11. The Labute approximate surface area is 117 Å². The molecule has 0 nitrogen and oxygen atoms in total. The van der Waals surface area contributed by atoms with E-state index in [1.807, 2.05) is 0 Å². The molecule has 20 heavy (non-hydrogen) atoms. The Balaban J connectivity index is 2.19. The molecule has 0 atom stereocenters. The van der Waals surface area contributed by atoms with Crippen molar-refractivity contribution in [3.63, 3.8) is 0 Å². The molecule has 2 rings (SSSR count). The number of hydrogen-bond acceptors (Lipinski definition) is 2. The average molecular weight is 326 g/mol. The summed E-state index contributed by atoms with van der Waals surface area (Å²) in [5, 5.41) is 1.83. The first kappa shape index (κ1) is 14.9. The summed E-state index contributed by atoms with van der Waals surface area (Å²) in [7, 11) is 0. The van der Waals surface area contributed by atoms with Gasteiger partial charge in [0, 0.05) is 10.8 Å². The van der Waals surface area contributed by atoms with Crippen LogP contribution in [0.2, 0.25) is 0 Å². The van der Waals surface area contributed by atoms with Crippen molar-refractivity contribution in [2.75, 3.05) is 0 Å². The predicted octanol–water partition coefficient (Wildman–Crippen LogP) is 5.25. The van der Waals surface area contributed by atoms with E-state index in [1.54, 1.807) is 0 Å². The van der Waals surface area contributed by atoms with E-state index in [2.05, 4.69) is 11.8 Å². The highest BCUT2D eigenvalue weighted by Gasteiger charge is 2.32. The fourth-order valence-electron chi connectivity index (χ4n) is 1.22. The minimum atomic E-state index is -4.44. The average Bonchev–Trinajstić information content (AvgIpc) is 2.94. The zero-order chi connectivity index (χ0) is 15.0. The molecule has 0 N–H and O–H groups in total. The van der Waals surface area contributed by atoms with E-state index in [1.165, 1.54) is 0 Å². The van der Waals surface area contributed by atoms with E-state index in [9.17, 15) is 26.3 Å². The summed E-state index contributed by atoms with van der Waals surface area (Å²) in [6.07, 6.45) is -8.88. The Morgan fingerprint density at radius 2 is 1.05 bits per heavy atom. The van der Waals surface area contributed by atoms with Crippen LogP contribution in [0, 0.1) is 11.8 Å². The molecule has 0 unspecified atom stereocenters. The van der Waals surface area contributed by atoms with Crippen LogP contribution in [0.5, 0.6) is 0 Å². The predicted molar refractivity (Wildman–Crippen MR) is 64.6 cm³/mol. The van der Waals surface area contributed by atoms with Crippen LogP contribution in [0.25, 0.3) is 0 Å². The van der Waals surface area contributed by atoms with Gasteiger partial charge in [-0.3, -0.25) is 0 Å². The van der Waals surface area contributed by atoms with Gasteiger partial charge < -0.3 is 0 Å². The fraction of sp³-hybridized carbons (Fsp3) is 0.167. The number of hydrogen-bond donors (Lipinski definition) is 0. The van der Waals surface area contributed by atoms with Crippen LogP contribution in [0.4, 0.5) is 26.3 Å². The van der Waals surface area contributed by atoms with Crippen LogP contribution in [-0.4, -0.2) is 0 Å². The van der Waals surface area contributed by atoms with Gasteiger partial charge in [-0.05, 0) is 24.0 Å². The van der Waals surface area contributed by atoms with Crippen molar-refractivity contribution in [3.8, 4) is 11.8 Å². The topological polar surface area (TPSA) is 0 Å². The molecule has 106 valence electrons. The SMILES string of the molecule is FC(F)(F)c1csc(C#Cc2cc(C(F)(F)F)cs2)c1. The summed E-state index contributed by atoms with van der Waals surface area (Å²) in [4.78, 5) is 0.304. The van der Waals surface area contributed by atoms with Crippen molar-refractivity contribution in [1.29, 1.82) is 0 Å². The molecule has 0 saturated heterocycles. The van der Waals surface area contributed by atoms with Crippen LogP contribution >= 0.6 is 22.7 Å². The van der Waals surface area contributed by atoms with Gasteiger partial charge in [-0.1, -0.05) is 0 Å². The molecule has 2 aromatic heterocycles. The van der Waals surface area contributed by atoms with Crippen molar-refractivity contribution in [3.05, 3.63) is 43.8 Å². The third kappa shape index (κ3) is 3.55. The first-order valence-corrected chi connectivity index (χ1v) is 6.75. The number of rotatable bonds is 0. The van der Waals surface area contributed by atoms with E-state index in [-0.39, 0.29) is 9.75 Å². The lowest BCUT2D eigenvalue weighted by Gasteiger charge is -2.00. The van der Waals surface area contributed by atoms with Crippen molar-refractivity contribution >= 4 is 22.7 Å². The molecule has 0 aliphatic carbocycles. The van der Waals surface area contributed by atoms with Gasteiger partial charge in [0.2, 0.25) is 0 Å². The van der Waals surface area contributed by atoms with Gasteiger partial charge in [-0.25, -0.2) is 0 Å². The van der Waals surface area contributed by atoms with Crippen LogP contribution in [-0.2, 0) is 12.4 Å². The molecule has 0 fully saturated rings. The molecule has 0 radical (unpaired) electrons. The second-order valence-corrected chi connectivity index (χ2v) is 5.47. The summed E-state index contributed by atoms with van der Waals surface area (Å²) in [5.41, 5.74) is -1.62. The molecule has 2 heterocycles. The summed E-state index contributed by atoms with van der Waals surface area (Å²) < 4.78 is 74.0. The quantitative estimate of drug-likeness (QED) is 0.458. The van der Waals surface area contributed by atoms with Gasteiger partial charge in [-0.2, -0.15) is 26.3 Å². The number of alkyl halides is 6. The maximum absolute atomic E-state index is 12.3. The van der Waals surface area contributed by atoms with Gasteiger partial charge in [0.05, 0.1) is 20.9 Å². The second-order valence-electron chi connectivity index (χ2n) is 3.64. The van der Waals surface area contributed by atoms with Gasteiger partial charge in [-0.15, -0.1) is 22.7 Å².